The van der Waals surface area contributed by atoms with E-state index in [-0.39, 0.29) is 34.5 Å². The molecule has 0 unspecified atom stereocenters. The van der Waals surface area contributed by atoms with Crippen LogP contribution in [0.2, 0.25) is 10.0 Å². The Morgan fingerprint density at radius 2 is 1.80 bits per heavy atom. The first-order valence-electron chi connectivity index (χ1n) is 8.66. The van der Waals surface area contributed by atoms with E-state index in [1.807, 2.05) is 0 Å². The van der Waals surface area contributed by atoms with Gasteiger partial charge in [-0.25, -0.2) is 8.42 Å². The maximum absolute atomic E-state index is 13.0. The number of nitro groups is 1. The normalized spacial score (nSPS) is 11.2. The van der Waals surface area contributed by atoms with Crippen LogP contribution in [0.1, 0.15) is 13.8 Å². The van der Waals surface area contributed by atoms with Crippen LogP contribution in [0.25, 0.3) is 0 Å². The monoisotopic (exact) mass is 491 g/mol. The number of rotatable bonds is 8. The molecule has 0 aliphatic carbocycles. The fourth-order valence-corrected chi connectivity index (χ4v) is 4.60. The van der Waals surface area contributed by atoms with E-state index in [0.717, 1.165) is 6.07 Å². The number of non-ortho nitro benzene ring substituents is 1. The van der Waals surface area contributed by atoms with Gasteiger partial charge < -0.3 is 5.32 Å². The maximum Gasteiger partial charge on any atom is 0.270 e. The summed E-state index contributed by atoms with van der Waals surface area (Å²) >= 11 is 17.0. The van der Waals surface area contributed by atoms with Gasteiger partial charge in [0, 0.05) is 30.9 Å². The summed E-state index contributed by atoms with van der Waals surface area (Å²) in [5.74, 6) is 0. The molecule has 9 nitrogen and oxygen atoms in total. The number of nitro benzene ring substituents is 1. The minimum Gasteiger partial charge on any atom is -0.331 e. The Labute approximate surface area is 189 Å². The first kappa shape index (κ1) is 24.1. The summed E-state index contributed by atoms with van der Waals surface area (Å²) in [6.07, 6.45) is 0. The highest BCUT2D eigenvalue weighted by Crippen LogP contribution is 2.29. The molecule has 0 amide bonds. The number of hydrazine groups is 1. The van der Waals surface area contributed by atoms with E-state index in [0.29, 0.717) is 15.7 Å². The number of hydrogen-bond donors (Lipinski definition) is 3. The Balaban J connectivity index is 2.27. The smallest absolute Gasteiger partial charge is 0.270 e. The van der Waals surface area contributed by atoms with Gasteiger partial charge in [-0.2, -0.15) is 4.31 Å². The highest BCUT2D eigenvalue weighted by molar-refractivity contribution is 7.89. The molecule has 30 heavy (non-hydrogen) atoms. The standard InChI is InChI=1S/C17H19Cl2N5O4S2/c1-3-23(4-2)30(27,28)16-10-12(24(25)26)6-8-15(16)21-22-17(29)20-11-5-7-13(18)14(19)9-11/h5-10,21H,3-4H2,1-2H3,(H2,20,22,29). The topological polar surface area (TPSA) is 117 Å². The van der Waals surface area contributed by atoms with Crippen LogP contribution in [0.15, 0.2) is 41.3 Å². The van der Waals surface area contributed by atoms with Crippen LogP contribution in [-0.2, 0) is 10.0 Å². The van der Waals surface area contributed by atoms with Crippen molar-refractivity contribution in [2.75, 3.05) is 23.8 Å². The first-order valence-corrected chi connectivity index (χ1v) is 11.3. The third-order valence-corrected chi connectivity index (χ3v) is 7.02. The molecule has 13 heteroatoms. The fraction of sp³-hybridized carbons (Fsp3) is 0.235. The zero-order valence-electron chi connectivity index (χ0n) is 16.0. The molecular weight excluding hydrogens is 473 g/mol. The predicted molar refractivity (Wildman–Crippen MR) is 123 cm³/mol. The van der Waals surface area contributed by atoms with Gasteiger partial charge in [0.05, 0.1) is 20.7 Å². The number of hydrogen-bond acceptors (Lipinski definition) is 6. The van der Waals surface area contributed by atoms with Gasteiger partial charge in [-0.05, 0) is 36.5 Å². The van der Waals surface area contributed by atoms with Crippen LogP contribution < -0.4 is 16.2 Å². The van der Waals surface area contributed by atoms with Crippen LogP contribution in [0.3, 0.4) is 0 Å². The number of halogens is 2. The Morgan fingerprint density at radius 3 is 2.37 bits per heavy atom. The molecule has 2 aromatic rings. The molecule has 0 spiro atoms. The van der Waals surface area contributed by atoms with Crippen molar-refractivity contribution in [1.82, 2.24) is 9.73 Å². The number of benzene rings is 2. The molecule has 0 aromatic heterocycles. The molecule has 2 rings (SSSR count). The van der Waals surface area contributed by atoms with Gasteiger partial charge in [-0.1, -0.05) is 37.0 Å². The summed E-state index contributed by atoms with van der Waals surface area (Å²) < 4.78 is 27.1. The zero-order valence-corrected chi connectivity index (χ0v) is 19.1. The minimum atomic E-state index is -3.97. The highest BCUT2D eigenvalue weighted by atomic mass is 35.5. The van der Waals surface area contributed by atoms with E-state index in [1.165, 1.54) is 16.4 Å². The fourth-order valence-electron chi connectivity index (χ4n) is 2.50. The van der Waals surface area contributed by atoms with Crippen LogP contribution in [0.4, 0.5) is 17.1 Å². The molecule has 0 saturated carbocycles. The summed E-state index contributed by atoms with van der Waals surface area (Å²) in [5, 5.41) is 14.8. The van der Waals surface area contributed by atoms with Crippen molar-refractivity contribution >= 4 is 67.6 Å². The average Bonchev–Trinajstić information content (AvgIpc) is 2.69. The van der Waals surface area contributed by atoms with Crippen molar-refractivity contribution in [3.05, 3.63) is 56.6 Å². The van der Waals surface area contributed by atoms with Crippen LogP contribution in [-0.4, -0.2) is 35.8 Å². The third kappa shape index (κ3) is 5.70. The molecule has 0 aliphatic heterocycles. The van der Waals surface area contributed by atoms with Crippen LogP contribution >= 0.6 is 35.4 Å². The maximum atomic E-state index is 13.0. The van der Waals surface area contributed by atoms with Gasteiger partial charge in [-0.15, -0.1) is 0 Å². The SMILES string of the molecule is CCN(CC)S(=O)(=O)c1cc([N+](=O)[O-])ccc1NNC(=S)Nc1ccc(Cl)c(Cl)c1. The Morgan fingerprint density at radius 1 is 1.13 bits per heavy atom. The van der Waals surface area contributed by atoms with Gasteiger partial charge in [0.2, 0.25) is 10.0 Å². The summed E-state index contributed by atoms with van der Waals surface area (Å²) in [7, 11) is -3.97. The third-order valence-electron chi connectivity index (χ3n) is 3.99. The summed E-state index contributed by atoms with van der Waals surface area (Å²) in [6, 6.07) is 8.31. The Hall–Kier alpha value is -2.18. The molecule has 0 atom stereocenters. The Bertz CT molecular complexity index is 1060. The predicted octanol–water partition coefficient (Wildman–Crippen LogP) is 4.25. The molecule has 2 aromatic carbocycles. The summed E-state index contributed by atoms with van der Waals surface area (Å²) in [5.41, 5.74) is 5.67. The van der Waals surface area contributed by atoms with Crippen molar-refractivity contribution in [2.24, 2.45) is 0 Å². The van der Waals surface area contributed by atoms with Gasteiger partial charge in [0.25, 0.3) is 5.69 Å². The Kier molecular flexibility index (Phi) is 8.21. The largest absolute Gasteiger partial charge is 0.331 e. The molecule has 0 bridgehead atoms. The highest BCUT2D eigenvalue weighted by Gasteiger charge is 2.27. The molecule has 0 fully saturated rings. The number of nitrogens with zero attached hydrogens (tertiary/aromatic N) is 2. The molecule has 0 aliphatic rings. The lowest BCUT2D eigenvalue weighted by Gasteiger charge is -2.21. The van der Waals surface area contributed by atoms with E-state index in [2.05, 4.69) is 16.2 Å². The minimum absolute atomic E-state index is 0.103. The van der Waals surface area contributed by atoms with Gasteiger partial charge in [-0.3, -0.25) is 21.0 Å². The van der Waals surface area contributed by atoms with Crippen LogP contribution in [0, 0.1) is 10.1 Å². The second-order valence-electron chi connectivity index (χ2n) is 5.86. The van der Waals surface area contributed by atoms with E-state index in [9.17, 15) is 18.5 Å². The number of anilines is 2. The zero-order chi connectivity index (χ0) is 22.5. The van der Waals surface area contributed by atoms with Gasteiger partial charge >= 0.3 is 0 Å². The van der Waals surface area contributed by atoms with Crippen molar-refractivity contribution in [3.8, 4) is 0 Å². The van der Waals surface area contributed by atoms with Crippen molar-refractivity contribution < 1.29 is 13.3 Å². The van der Waals surface area contributed by atoms with Gasteiger partial charge in [0.1, 0.15) is 4.90 Å². The number of nitrogens with one attached hydrogen (secondary N) is 3. The molecule has 0 heterocycles. The van der Waals surface area contributed by atoms with Crippen molar-refractivity contribution in [2.45, 2.75) is 18.7 Å². The number of thiocarbonyl (C=S) groups is 1. The molecule has 3 N–H and O–H groups in total. The van der Waals surface area contributed by atoms with Crippen molar-refractivity contribution in [3.63, 3.8) is 0 Å². The van der Waals surface area contributed by atoms with E-state index < -0.39 is 14.9 Å². The lowest BCUT2D eigenvalue weighted by Crippen LogP contribution is -2.35. The van der Waals surface area contributed by atoms with Gasteiger partial charge in [0.15, 0.2) is 5.11 Å². The van der Waals surface area contributed by atoms with Crippen LogP contribution in [0.5, 0.6) is 0 Å². The van der Waals surface area contributed by atoms with E-state index in [1.54, 1.807) is 32.0 Å². The molecule has 0 radical (unpaired) electrons. The second kappa shape index (κ2) is 10.2. The average molecular weight is 492 g/mol. The van der Waals surface area contributed by atoms with E-state index >= 15 is 0 Å². The van der Waals surface area contributed by atoms with E-state index in [4.69, 9.17) is 35.4 Å². The number of sulfonamides is 1. The molecular formula is C17H19Cl2N5O4S2. The lowest BCUT2D eigenvalue weighted by molar-refractivity contribution is -0.385. The molecule has 162 valence electrons. The lowest BCUT2D eigenvalue weighted by atomic mass is 10.3. The first-order chi connectivity index (χ1) is 14.1. The summed E-state index contributed by atoms with van der Waals surface area (Å²) in [6.45, 7) is 3.79. The second-order valence-corrected chi connectivity index (χ2v) is 8.99. The quantitative estimate of drug-likeness (QED) is 0.285. The van der Waals surface area contributed by atoms with Crippen molar-refractivity contribution in [1.29, 1.82) is 0 Å². The summed E-state index contributed by atoms with van der Waals surface area (Å²) in [4.78, 5) is 10.2. The molecule has 0 saturated heterocycles.